The van der Waals surface area contributed by atoms with Crippen LogP contribution in [0.15, 0.2) is 30.3 Å². The van der Waals surface area contributed by atoms with Gasteiger partial charge in [-0.15, -0.1) is 0 Å². The minimum atomic E-state index is -0.896. The van der Waals surface area contributed by atoms with Gasteiger partial charge in [0, 0.05) is 26.6 Å². The SMILES string of the molecule is CC(C)c1nc(NCCC(C)(O)c2ccccc2)nc(N(C)C)n1. The minimum Gasteiger partial charge on any atom is -0.385 e. The summed E-state index contributed by atoms with van der Waals surface area (Å²) in [5.74, 6) is 2.15. The molecule has 0 spiro atoms. The normalized spacial score (nSPS) is 13.6. The minimum absolute atomic E-state index is 0.222. The number of hydrogen-bond donors (Lipinski definition) is 2. The Morgan fingerprint density at radius 3 is 2.38 bits per heavy atom. The molecule has 0 aliphatic heterocycles. The van der Waals surface area contributed by atoms with Crippen LogP contribution in [0.1, 0.15) is 44.5 Å². The summed E-state index contributed by atoms with van der Waals surface area (Å²) in [6, 6.07) is 9.68. The third-order valence-corrected chi connectivity index (χ3v) is 3.85. The molecule has 1 aromatic carbocycles. The van der Waals surface area contributed by atoms with Crippen molar-refractivity contribution in [1.29, 1.82) is 0 Å². The summed E-state index contributed by atoms with van der Waals surface area (Å²) < 4.78 is 0. The van der Waals surface area contributed by atoms with Crippen molar-refractivity contribution in [3.05, 3.63) is 41.7 Å². The summed E-state index contributed by atoms with van der Waals surface area (Å²) in [5.41, 5.74) is 0.00584. The van der Waals surface area contributed by atoms with E-state index in [4.69, 9.17) is 0 Å². The Morgan fingerprint density at radius 1 is 1.12 bits per heavy atom. The van der Waals surface area contributed by atoms with E-state index in [0.29, 0.717) is 24.9 Å². The molecule has 0 aliphatic rings. The number of anilines is 2. The third kappa shape index (κ3) is 4.64. The smallest absolute Gasteiger partial charge is 0.229 e. The van der Waals surface area contributed by atoms with Crippen LogP contribution in [0.4, 0.5) is 11.9 Å². The van der Waals surface area contributed by atoms with E-state index >= 15 is 0 Å². The first kappa shape index (κ1) is 18.1. The van der Waals surface area contributed by atoms with Crippen LogP contribution in [-0.4, -0.2) is 40.7 Å². The Morgan fingerprint density at radius 2 is 1.79 bits per heavy atom. The molecule has 1 atom stereocenters. The monoisotopic (exact) mass is 329 g/mol. The van der Waals surface area contributed by atoms with Gasteiger partial charge in [0.2, 0.25) is 11.9 Å². The zero-order valence-corrected chi connectivity index (χ0v) is 15.1. The second-order valence-electron chi connectivity index (χ2n) is 6.68. The summed E-state index contributed by atoms with van der Waals surface area (Å²) in [4.78, 5) is 15.2. The van der Waals surface area contributed by atoms with E-state index in [9.17, 15) is 5.11 Å². The average molecular weight is 329 g/mol. The predicted octanol–water partition coefficient (Wildman–Crippen LogP) is 2.77. The summed E-state index contributed by atoms with van der Waals surface area (Å²) in [6.45, 7) is 6.50. The van der Waals surface area contributed by atoms with Gasteiger partial charge in [-0.05, 0) is 18.9 Å². The second kappa shape index (κ2) is 7.57. The van der Waals surface area contributed by atoms with E-state index in [1.807, 2.05) is 56.3 Å². The Hall–Kier alpha value is -2.21. The van der Waals surface area contributed by atoms with Gasteiger partial charge in [-0.1, -0.05) is 44.2 Å². The summed E-state index contributed by atoms with van der Waals surface area (Å²) >= 11 is 0. The van der Waals surface area contributed by atoms with Crippen LogP contribution in [-0.2, 0) is 5.60 Å². The summed E-state index contributed by atoms with van der Waals surface area (Å²) in [5, 5.41) is 13.9. The molecule has 0 saturated heterocycles. The lowest BCUT2D eigenvalue weighted by atomic mass is 9.93. The maximum absolute atomic E-state index is 10.6. The zero-order valence-electron chi connectivity index (χ0n) is 15.1. The molecular weight excluding hydrogens is 302 g/mol. The van der Waals surface area contributed by atoms with Crippen molar-refractivity contribution in [3.63, 3.8) is 0 Å². The van der Waals surface area contributed by atoms with E-state index in [1.165, 1.54) is 0 Å². The first-order valence-electron chi connectivity index (χ1n) is 8.24. The van der Waals surface area contributed by atoms with Crippen LogP contribution in [0.2, 0.25) is 0 Å². The molecule has 2 N–H and O–H groups in total. The van der Waals surface area contributed by atoms with Gasteiger partial charge in [0.15, 0.2) is 0 Å². The Bertz CT molecular complexity index is 629. The molecule has 2 aromatic rings. The van der Waals surface area contributed by atoms with Crippen molar-refractivity contribution < 1.29 is 5.11 Å². The van der Waals surface area contributed by atoms with Crippen molar-refractivity contribution in [1.82, 2.24) is 15.0 Å². The fourth-order valence-electron chi connectivity index (χ4n) is 2.28. The highest BCUT2D eigenvalue weighted by atomic mass is 16.3. The molecule has 0 amide bonds. The first-order chi connectivity index (χ1) is 11.3. The van der Waals surface area contributed by atoms with Crippen LogP contribution in [0.25, 0.3) is 0 Å². The Balaban J connectivity index is 2.06. The number of aromatic nitrogens is 3. The molecule has 0 saturated carbocycles. The Kier molecular flexibility index (Phi) is 5.72. The molecule has 1 aromatic heterocycles. The molecule has 6 nitrogen and oxygen atoms in total. The highest BCUT2D eigenvalue weighted by Crippen LogP contribution is 2.24. The molecule has 6 heteroatoms. The highest BCUT2D eigenvalue weighted by molar-refractivity contribution is 5.36. The lowest BCUT2D eigenvalue weighted by Crippen LogP contribution is -2.25. The van der Waals surface area contributed by atoms with E-state index in [-0.39, 0.29) is 5.92 Å². The van der Waals surface area contributed by atoms with Gasteiger partial charge in [-0.2, -0.15) is 15.0 Å². The van der Waals surface area contributed by atoms with E-state index < -0.39 is 5.60 Å². The fraction of sp³-hybridized carbons (Fsp3) is 0.500. The van der Waals surface area contributed by atoms with E-state index in [0.717, 1.165) is 11.4 Å². The molecule has 0 aliphatic carbocycles. The number of rotatable bonds is 7. The summed E-state index contributed by atoms with van der Waals surface area (Å²) in [7, 11) is 3.81. The molecule has 2 rings (SSSR count). The average Bonchev–Trinajstić information content (AvgIpc) is 2.55. The zero-order chi connectivity index (χ0) is 17.7. The van der Waals surface area contributed by atoms with Gasteiger partial charge < -0.3 is 15.3 Å². The first-order valence-corrected chi connectivity index (χ1v) is 8.24. The molecule has 24 heavy (non-hydrogen) atoms. The number of aliphatic hydroxyl groups is 1. The highest BCUT2D eigenvalue weighted by Gasteiger charge is 2.22. The van der Waals surface area contributed by atoms with Crippen LogP contribution < -0.4 is 10.2 Å². The largest absolute Gasteiger partial charge is 0.385 e. The number of hydrogen-bond acceptors (Lipinski definition) is 6. The van der Waals surface area contributed by atoms with E-state index in [1.54, 1.807) is 0 Å². The van der Waals surface area contributed by atoms with Gasteiger partial charge in [0.05, 0.1) is 5.60 Å². The van der Waals surface area contributed by atoms with Crippen LogP contribution in [0.5, 0.6) is 0 Å². The number of benzene rings is 1. The van der Waals surface area contributed by atoms with Gasteiger partial charge in [-0.25, -0.2) is 0 Å². The van der Waals surface area contributed by atoms with E-state index in [2.05, 4.69) is 34.1 Å². The number of nitrogens with one attached hydrogen (secondary N) is 1. The molecule has 1 unspecified atom stereocenters. The van der Waals surface area contributed by atoms with Gasteiger partial charge in [-0.3, -0.25) is 0 Å². The maximum atomic E-state index is 10.6. The van der Waals surface area contributed by atoms with Crippen molar-refractivity contribution in [2.45, 2.75) is 38.7 Å². The number of nitrogens with zero attached hydrogens (tertiary/aromatic N) is 4. The van der Waals surface area contributed by atoms with Crippen molar-refractivity contribution >= 4 is 11.9 Å². The molecule has 1 heterocycles. The molecule has 0 fully saturated rings. The van der Waals surface area contributed by atoms with Crippen LogP contribution in [0, 0.1) is 0 Å². The van der Waals surface area contributed by atoms with Crippen molar-refractivity contribution in [3.8, 4) is 0 Å². The van der Waals surface area contributed by atoms with Crippen molar-refractivity contribution in [2.24, 2.45) is 0 Å². The standard InChI is InChI=1S/C18H27N5O/c1-13(2)15-20-16(22-17(21-15)23(4)5)19-12-11-18(3,24)14-9-7-6-8-10-14/h6-10,13,24H,11-12H2,1-5H3,(H,19,20,21,22). The van der Waals surface area contributed by atoms with Gasteiger partial charge in [0.25, 0.3) is 0 Å². The van der Waals surface area contributed by atoms with Gasteiger partial charge in [0.1, 0.15) is 5.82 Å². The van der Waals surface area contributed by atoms with Crippen LogP contribution >= 0.6 is 0 Å². The maximum Gasteiger partial charge on any atom is 0.229 e. The predicted molar refractivity (Wildman–Crippen MR) is 97.4 cm³/mol. The lowest BCUT2D eigenvalue weighted by molar-refractivity contribution is 0.0515. The Labute approximate surface area is 144 Å². The lowest BCUT2D eigenvalue weighted by Gasteiger charge is -2.24. The van der Waals surface area contributed by atoms with Gasteiger partial charge >= 0.3 is 0 Å². The molecule has 0 bridgehead atoms. The second-order valence-corrected chi connectivity index (χ2v) is 6.68. The topological polar surface area (TPSA) is 74.2 Å². The third-order valence-electron chi connectivity index (χ3n) is 3.85. The molecule has 0 radical (unpaired) electrons. The van der Waals surface area contributed by atoms with Crippen molar-refractivity contribution in [2.75, 3.05) is 30.9 Å². The fourth-order valence-corrected chi connectivity index (χ4v) is 2.28. The quantitative estimate of drug-likeness (QED) is 0.814. The molecule has 130 valence electrons. The molecular formula is C18H27N5O. The summed E-state index contributed by atoms with van der Waals surface area (Å²) in [6.07, 6.45) is 0.553. The van der Waals surface area contributed by atoms with Crippen LogP contribution in [0.3, 0.4) is 0 Å².